The summed E-state index contributed by atoms with van der Waals surface area (Å²) in [6.07, 6.45) is -4.79. The van der Waals surface area contributed by atoms with E-state index >= 15 is 0 Å². The molecule has 3 rings (SSSR count). The van der Waals surface area contributed by atoms with Crippen LogP contribution in [0.2, 0.25) is 0 Å². The summed E-state index contributed by atoms with van der Waals surface area (Å²) in [5, 5.41) is 1.60. The predicted octanol–water partition coefficient (Wildman–Crippen LogP) is 6.42. The molecule has 0 saturated heterocycles. The van der Waals surface area contributed by atoms with Crippen molar-refractivity contribution >= 4 is 36.4 Å². The number of nitrogens with zero attached hydrogens (tertiary/aromatic N) is 2. The van der Waals surface area contributed by atoms with Crippen LogP contribution in [0.5, 0.6) is 5.75 Å². The van der Waals surface area contributed by atoms with Gasteiger partial charge in [-0.25, -0.2) is 8.42 Å². The minimum Gasteiger partial charge on any atom is -0.406 e. The van der Waals surface area contributed by atoms with Gasteiger partial charge in [0.1, 0.15) is 10.8 Å². The normalized spacial score (nSPS) is 12.6. The summed E-state index contributed by atoms with van der Waals surface area (Å²) in [4.78, 5) is 2.11. The molecule has 0 spiro atoms. The average Bonchev–Trinajstić information content (AvgIpc) is 3.11. The molecule has 5 nitrogen and oxygen atoms in total. The number of hydrogen-bond donors (Lipinski definition) is 0. The number of halogens is 3. The Labute approximate surface area is 209 Å². The van der Waals surface area contributed by atoms with E-state index in [4.69, 9.17) is 0 Å². The maximum absolute atomic E-state index is 13.7. The van der Waals surface area contributed by atoms with E-state index in [0.717, 1.165) is 28.7 Å². The van der Waals surface area contributed by atoms with Gasteiger partial charge >= 0.3 is 6.36 Å². The van der Waals surface area contributed by atoms with Gasteiger partial charge in [0.2, 0.25) is 10.0 Å². The molecule has 0 unspecified atom stereocenters. The lowest BCUT2D eigenvalue weighted by molar-refractivity contribution is -0.274. The van der Waals surface area contributed by atoms with Crippen LogP contribution in [0.3, 0.4) is 0 Å². The van der Waals surface area contributed by atoms with E-state index < -0.39 is 16.4 Å². The maximum atomic E-state index is 13.7. The summed E-state index contributed by atoms with van der Waals surface area (Å²) in [7, 11) is -3.73. The highest BCUT2D eigenvalue weighted by atomic mass is 32.2. The fourth-order valence-electron chi connectivity index (χ4n) is 3.91. The van der Waals surface area contributed by atoms with Gasteiger partial charge in [0.15, 0.2) is 0 Å². The molecule has 2 aromatic carbocycles. The van der Waals surface area contributed by atoms with E-state index in [-0.39, 0.29) is 18.0 Å². The Kier molecular flexibility index (Phi) is 8.72. The second-order valence-electron chi connectivity index (χ2n) is 8.83. The third-order valence-corrected chi connectivity index (χ3v) is 8.69. The Hall–Kier alpha value is -2.30. The van der Waals surface area contributed by atoms with Crippen molar-refractivity contribution in [3.63, 3.8) is 0 Å². The van der Waals surface area contributed by atoms with Crippen molar-refractivity contribution in [3.05, 3.63) is 59.7 Å². The number of rotatable bonds is 11. The molecule has 0 radical (unpaired) electrons. The molecule has 0 saturated carbocycles. The van der Waals surface area contributed by atoms with Crippen molar-refractivity contribution in [2.45, 2.75) is 40.6 Å². The number of sulfonamides is 1. The molecule has 0 amide bonds. The van der Waals surface area contributed by atoms with Gasteiger partial charge in [0.05, 0.1) is 12.3 Å². The molecule has 0 aliphatic heterocycles. The Morgan fingerprint density at radius 1 is 1.06 bits per heavy atom. The molecule has 3 aromatic rings. The highest BCUT2D eigenvalue weighted by Gasteiger charge is 2.31. The number of fused-ring (bicyclic) bond motifs is 1. The minimum atomic E-state index is -4.79. The van der Waals surface area contributed by atoms with Crippen molar-refractivity contribution in [3.8, 4) is 5.75 Å². The van der Waals surface area contributed by atoms with Crippen LogP contribution in [0.1, 0.15) is 31.9 Å². The van der Waals surface area contributed by atoms with Crippen LogP contribution in [0.15, 0.2) is 48.5 Å². The lowest BCUT2D eigenvalue weighted by atomic mass is 10.2. The molecule has 0 bridgehead atoms. The van der Waals surface area contributed by atoms with Gasteiger partial charge in [-0.3, -0.25) is 4.31 Å². The molecule has 0 atom stereocenters. The summed E-state index contributed by atoms with van der Waals surface area (Å²) in [6, 6.07) is 13.1. The van der Waals surface area contributed by atoms with Crippen molar-refractivity contribution < 1.29 is 26.3 Å². The van der Waals surface area contributed by atoms with E-state index in [9.17, 15) is 21.6 Å². The lowest BCUT2D eigenvalue weighted by Crippen LogP contribution is -2.38. The van der Waals surface area contributed by atoms with Gasteiger partial charge in [-0.2, -0.15) is 0 Å². The van der Waals surface area contributed by atoms with Gasteiger partial charge in [-0.05, 0) is 54.1 Å². The SMILES string of the molecule is CCN(CCS(=O)(=O)N(Cc1ccc(OC(F)(F)F)cc1)c1sc2ccccc2c1C)CC(C)C. The van der Waals surface area contributed by atoms with Gasteiger partial charge in [0, 0.05) is 17.8 Å². The molecule has 1 aromatic heterocycles. The van der Waals surface area contributed by atoms with Crippen molar-refractivity contribution in [2.24, 2.45) is 5.92 Å². The molecule has 0 aliphatic carbocycles. The first-order valence-electron chi connectivity index (χ1n) is 11.4. The smallest absolute Gasteiger partial charge is 0.406 e. The van der Waals surface area contributed by atoms with E-state index in [1.807, 2.05) is 38.1 Å². The quantitative estimate of drug-likeness (QED) is 0.288. The fraction of sp³-hybridized carbons (Fsp3) is 0.440. The van der Waals surface area contributed by atoms with Gasteiger partial charge < -0.3 is 9.64 Å². The number of ether oxygens (including phenoxy) is 1. The minimum absolute atomic E-state index is 0.0125. The van der Waals surface area contributed by atoms with Crippen LogP contribution in [-0.2, 0) is 16.6 Å². The van der Waals surface area contributed by atoms with E-state index in [2.05, 4.69) is 23.5 Å². The Morgan fingerprint density at radius 3 is 2.29 bits per heavy atom. The Balaban J connectivity index is 1.93. The molecule has 10 heteroatoms. The first kappa shape index (κ1) is 27.3. The Morgan fingerprint density at radius 2 is 1.71 bits per heavy atom. The zero-order valence-corrected chi connectivity index (χ0v) is 21.9. The summed E-state index contributed by atoms with van der Waals surface area (Å²) < 4.78 is 71.2. The molecule has 0 N–H and O–H groups in total. The monoisotopic (exact) mass is 528 g/mol. The summed E-state index contributed by atoms with van der Waals surface area (Å²) >= 11 is 1.40. The summed E-state index contributed by atoms with van der Waals surface area (Å²) in [6.45, 7) is 10.0. The number of hydrogen-bond acceptors (Lipinski definition) is 5. The van der Waals surface area contributed by atoms with Crippen LogP contribution in [0.25, 0.3) is 10.1 Å². The zero-order valence-electron chi connectivity index (χ0n) is 20.3. The molecule has 0 fully saturated rings. The van der Waals surface area contributed by atoms with Crippen LogP contribution in [0, 0.1) is 12.8 Å². The van der Waals surface area contributed by atoms with Gasteiger partial charge in [-0.1, -0.05) is 51.1 Å². The standard InChI is InChI=1S/C25H31F3N2O3S2/c1-5-29(16-18(2)3)14-15-35(31,32)30(24-19(4)22-8-6-7-9-23(22)34-24)17-20-10-12-21(13-11-20)33-25(26,27)28/h6-13,18H,5,14-17H2,1-4H3. The molecule has 192 valence electrons. The molecule has 0 aliphatic rings. The van der Waals surface area contributed by atoms with Crippen molar-refractivity contribution in [1.82, 2.24) is 4.90 Å². The fourth-order valence-corrected chi connectivity index (χ4v) is 6.92. The first-order chi connectivity index (χ1) is 16.4. The predicted molar refractivity (Wildman–Crippen MR) is 137 cm³/mol. The number of aryl methyl sites for hydroxylation is 1. The third-order valence-electron chi connectivity index (χ3n) is 5.60. The highest BCUT2D eigenvalue weighted by Crippen LogP contribution is 2.39. The van der Waals surface area contributed by atoms with Crippen molar-refractivity contribution in [1.29, 1.82) is 0 Å². The third kappa shape index (κ3) is 7.35. The molecule has 1 heterocycles. The molecular weight excluding hydrogens is 497 g/mol. The second kappa shape index (κ2) is 11.2. The number of anilines is 1. The Bertz CT molecular complexity index is 1220. The summed E-state index contributed by atoms with van der Waals surface area (Å²) in [5.41, 5.74) is 1.43. The average molecular weight is 529 g/mol. The van der Waals surface area contributed by atoms with Crippen LogP contribution < -0.4 is 9.04 Å². The van der Waals surface area contributed by atoms with Crippen molar-refractivity contribution in [2.75, 3.05) is 29.7 Å². The maximum Gasteiger partial charge on any atom is 0.573 e. The second-order valence-corrected chi connectivity index (χ2v) is 11.9. The summed E-state index contributed by atoms with van der Waals surface area (Å²) in [5.74, 6) is 0.00765. The van der Waals surface area contributed by atoms with Gasteiger partial charge in [-0.15, -0.1) is 24.5 Å². The number of benzene rings is 2. The van der Waals surface area contributed by atoms with E-state index in [1.165, 1.54) is 39.9 Å². The zero-order chi connectivity index (χ0) is 25.8. The molecular formula is C25H31F3N2O3S2. The van der Waals surface area contributed by atoms with E-state index in [0.29, 0.717) is 23.0 Å². The van der Waals surface area contributed by atoms with Crippen LogP contribution in [0.4, 0.5) is 18.2 Å². The van der Waals surface area contributed by atoms with Crippen LogP contribution in [-0.4, -0.2) is 45.1 Å². The van der Waals surface area contributed by atoms with E-state index in [1.54, 1.807) is 0 Å². The number of thiophene rings is 1. The largest absolute Gasteiger partial charge is 0.573 e. The number of alkyl halides is 3. The topological polar surface area (TPSA) is 49.9 Å². The van der Waals surface area contributed by atoms with Crippen LogP contribution >= 0.6 is 11.3 Å². The lowest BCUT2D eigenvalue weighted by Gasteiger charge is -2.27. The molecule has 35 heavy (non-hydrogen) atoms. The highest BCUT2D eigenvalue weighted by molar-refractivity contribution is 7.93. The van der Waals surface area contributed by atoms with Gasteiger partial charge in [0.25, 0.3) is 0 Å². The first-order valence-corrected chi connectivity index (χ1v) is 13.9.